The summed E-state index contributed by atoms with van der Waals surface area (Å²) in [6, 6.07) is 13.5. The van der Waals surface area contributed by atoms with Crippen molar-refractivity contribution < 1.29 is 8.91 Å². The number of hydrogen-bond acceptors (Lipinski definition) is 7. The van der Waals surface area contributed by atoms with E-state index in [1.165, 1.54) is 23.9 Å². The Balaban J connectivity index is 1.59. The first-order valence-corrected chi connectivity index (χ1v) is 10.9. The molecule has 0 N–H and O–H groups in total. The topological polar surface area (TPSA) is 72.9 Å². The van der Waals surface area contributed by atoms with Crippen LogP contribution in [0.5, 0.6) is 0 Å². The molecule has 2 heterocycles. The zero-order chi connectivity index (χ0) is 22.0. The van der Waals surface area contributed by atoms with Crippen LogP contribution in [0.25, 0.3) is 17.1 Å². The van der Waals surface area contributed by atoms with Crippen LogP contribution in [0.4, 0.5) is 4.39 Å². The summed E-state index contributed by atoms with van der Waals surface area (Å²) in [6.45, 7) is 2.07. The van der Waals surface area contributed by atoms with Gasteiger partial charge in [-0.05, 0) is 69.6 Å². The van der Waals surface area contributed by atoms with Crippen LogP contribution in [0.15, 0.2) is 58.2 Å². The number of halogens is 2. The van der Waals surface area contributed by atoms with E-state index in [0.717, 1.165) is 11.5 Å². The van der Waals surface area contributed by atoms with Gasteiger partial charge in [0.2, 0.25) is 0 Å². The zero-order valence-corrected chi connectivity index (χ0v) is 18.7. The van der Waals surface area contributed by atoms with E-state index in [9.17, 15) is 4.39 Å². The number of rotatable bonds is 7. The Hall–Kier alpha value is -2.75. The van der Waals surface area contributed by atoms with Gasteiger partial charge >= 0.3 is 0 Å². The third-order valence-electron chi connectivity index (χ3n) is 4.78. The monoisotopic (exact) mass is 458 g/mol. The fourth-order valence-corrected chi connectivity index (χ4v) is 3.79. The summed E-state index contributed by atoms with van der Waals surface area (Å²) in [7, 11) is 3.99. The van der Waals surface area contributed by atoms with Crippen LogP contribution in [0.3, 0.4) is 0 Å². The average Bonchev–Trinajstić information content (AvgIpc) is 3.40. The minimum atomic E-state index is -0.316. The summed E-state index contributed by atoms with van der Waals surface area (Å²) in [5.41, 5.74) is 1.58. The molecule has 160 valence electrons. The first kappa shape index (κ1) is 21.5. The van der Waals surface area contributed by atoms with E-state index in [1.54, 1.807) is 12.1 Å². The number of benzene rings is 2. The highest BCUT2D eigenvalue weighted by Gasteiger charge is 2.21. The molecule has 0 aliphatic carbocycles. The molecule has 4 aromatic rings. The third kappa shape index (κ3) is 4.79. The largest absolute Gasteiger partial charge is 0.334 e. The fraction of sp³-hybridized carbons (Fsp3) is 0.238. The summed E-state index contributed by atoms with van der Waals surface area (Å²) in [4.78, 5) is 6.47. The Labute approximate surface area is 188 Å². The molecule has 1 atom stereocenters. The second kappa shape index (κ2) is 9.17. The molecule has 0 aliphatic heterocycles. The molecular weight excluding hydrogens is 439 g/mol. The molecule has 4 rings (SSSR count). The van der Waals surface area contributed by atoms with E-state index in [4.69, 9.17) is 16.1 Å². The maximum Gasteiger partial charge on any atom is 0.257 e. The summed E-state index contributed by atoms with van der Waals surface area (Å²) < 4.78 is 20.5. The summed E-state index contributed by atoms with van der Waals surface area (Å²) in [5.74, 6) is 1.79. The van der Waals surface area contributed by atoms with Crippen molar-refractivity contribution in [2.24, 2.45) is 0 Å². The molecule has 0 saturated carbocycles. The van der Waals surface area contributed by atoms with Crippen molar-refractivity contribution >= 4 is 23.4 Å². The SMILES string of the molecule is CC(c1nnc(SCc2noc(-c3ccc(F)cc3)n2)n1-c1ccc(Cl)cc1)N(C)C. The van der Waals surface area contributed by atoms with Crippen molar-refractivity contribution in [3.63, 3.8) is 0 Å². The van der Waals surface area contributed by atoms with Gasteiger partial charge in [0.15, 0.2) is 16.8 Å². The smallest absolute Gasteiger partial charge is 0.257 e. The third-order valence-corrected chi connectivity index (χ3v) is 5.96. The van der Waals surface area contributed by atoms with Crippen molar-refractivity contribution in [3.05, 3.63) is 71.0 Å². The van der Waals surface area contributed by atoms with Gasteiger partial charge in [-0.2, -0.15) is 4.98 Å². The molecule has 1 unspecified atom stereocenters. The van der Waals surface area contributed by atoms with Crippen molar-refractivity contribution in [2.75, 3.05) is 14.1 Å². The van der Waals surface area contributed by atoms with Crippen LogP contribution in [0.1, 0.15) is 24.6 Å². The average molecular weight is 459 g/mol. The molecule has 7 nitrogen and oxygen atoms in total. The minimum Gasteiger partial charge on any atom is -0.334 e. The maximum absolute atomic E-state index is 13.1. The molecule has 0 radical (unpaired) electrons. The predicted molar refractivity (Wildman–Crippen MR) is 118 cm³/mol. The molecule has 31 heavy (non-hydrogen) atoms. The van der Waals surface area contributed by atoms with E-state index in [0.29, 0.717) is 33.2 Å². The van der Waals surface area contributed by atoms with E-state index >= 15 is 0 Å². The second-order valence-corrected chi connectivity index (χ2v) is 8.48. The predicted octanol–water partition coefficient (Wildman–Crippen LogP) is 5.02. The Morgan fingerprint density at radius 2 is 1.81 bits per heavy atom. The summed E-state index contributed by atoms with van der Waals surface area (Å²) in [6.07, 6.45) is 0. The fourth-order valence-electron chi connectivity index (χ4n) is 2.86. The maximum atomic E-state index is 13.1. The van der Waals surface area contributed by atoms with Crippen LogP contribution >= 0.6 is 23.4 Å². The highest BCUT2D eigenvalue weighted by Crippen LogP contribution is 2.29. The highest BCUT2D eigenvalue weighted by atomic mass is 35.5. The van der Waals surface area contributed by atoms with Crippen LogP contribution < -0.4 is 0 Å². The second-order valence-electron chi connectivity index (χ2n) is 7.10. The Morgan fingerprint density at radius 1 is 1.10 bits per heavy atom. The first-order chi connectivity index (χ1) is 14.9. The quantitative estimate of drug-likeness (QED) is 0.360. The van der Waals surface area contributed by atoms with Crippen LogP contribution in [0.2, 0.25) is 5.02 Å². The summed E-state index contributed by atoms with van der Waals surface area (Å²) in [5, 5.41) is 14.2. The van der Waals surface area contributed by atoms with E-state index in [2.05, 4.69) is 32.2 Å². The van der Waals surface area contributed by atoms with Gasteiger partial charge in [-0.15, -0.1) is 10.2 Å². The molecule has 0 amide bonds. The van der Waals surface area contributed by atoms with E-state index in [1.807, 2.05) is 42.9 Å². The lowest BCUT2D eigenvalue weighted by Gasteiger charge is -2.20. The van der Waals surface area contributed by atoms with Gasteiger partial charge in [0.05, 0.1) is 11.8 Å². The lowest BCUT2D eigenvalue weighted by Crippen LogP contribution is -2.20. The van der Waals surface area contributed by atoms with Crippen molar-refractivity contribution in [1.82, 2.24) is 29.8 Å². The molecular formula is C21H20ClFN6OS. The normalized spacial score (nSPS) is 12.5. The van der Waals surface area contributed by atoms with E-state index in [-0.39, 0.29) is 11.9 Å². The van der Waals surface area contributed by atoms with Crippen molar-refractivity contribution in [3.8, 4) is 17.1 Å². The molecule has 0 saturated heterocycles. The molecule has 10 heteroatoms. The van der Waals surface area contributed by atoms with Gasteiger partial charge in [-0.25, -0.2) is 4.39 Å². The Bertz CT molecular complexity index is 1160. The van der Waals surface area contributed by atoms with Gasteiger partial charge in [0.25, 0.3) is 5.89 Å². The van der Waals surface area contributed by atoms with Gasteiger partial charge in [0, 0.05) is 16.3 Å². The number of thioether (sulfide) groups is 1. The van der Waals surface area contributed by atoms with Gasteiger partial charge in [0.1, 0.15) is 5.82 Å². The van der Waals surface area contributed by atoms with Crippen LogP contribution in [-0.4, -0.2) is 43.9 Å². The number of nitrogens with zero attached hydrogens (tertiary/aromatic N) is 6. The lowest BCUT2D eigenvalue weighted by atomic mass is 10.2. The Morgan fingerprint density at radius 3 is 2.48 bits per heavy atom. The molecule has 0 spiro atoms. The van der Waals surface area contributed by atoms with Crippen LogP contribution in [0, 0.1) is 5.82 Å². The number of aromatic nitrogens is 5. The highest BCUT2D eigenvalue weighted by molar-refractivity contribution is 7.98. The minimum absolute atomic E-state index is 0.0489. The Kier molecular flexibility index (Phi) is 6.35. The molecule has 2 aromatic carbocycles. The van der Waals surface area contributed by atoms with Crippen LogP contribution in [-0.2, 0) is 5.75 Å². The molecule has 0 aliphatic rings. The standard InChI is InChI=1S/C21H20ClFN6OS/c1-13(28(2)3)19-25-26-21(29(19)17-10-6-15(22)7-11-17)31-12-18-24-20(30-27-18)14-4-8-16(23)9-5-14/h4-11,13H,12H2,1-3H3. The van der Waals surface area contributed by atoms with Gasteiger partial charge < -0.3 is 4.52 Å². The number of hydrogen-bond donors (Lipinski definition) is 0. The first-order valence-electron chi connectivity index (χ1n) is 9.51. The summed E-state index contributed by atoms with van der Waals surface area (Å²) >= 11 is 7.52. The lowest BCUT2D eigenvalue weighted by molar-refractivity contribution is 0.305. The molecule has 2 aromatic heterocycles. The van der Waals surface area contributed by atoms with Crippen molar-refractivity contribution in [1.29, 1.82) is 0 Å². The molecule has 0 bridgehead atoms. The van der Waals surface area contributed by atoms with E-state index < -0.39 is 0 Å². The zero-order valence-electron chi connectivity index (χ0n) is 17.2. The van der Waals surface area contributed by atoms with Gasteiger partial charge in [-0.3, -0.25) is 9.47 Å². The van der Waals surface area contributed by atoms with Gasteiger partial charge in [-0.1, -0.05) is 28.5 Å². The van der Waals surface area contributed by atoms with Crippen molar-refractivity contribution in [2.45, 2.75) is 23.9 Å². The molecule has 0 fully saturated rings.